The predicted octanol–water partition coefficient (Wildman–Crippen LogP) is 1.96. The van der Waals surface area contributed by atoms with Crippen LogP contribution in [0.3, 0.4) is 0 Å². The average Bonchev–Trinajstić information content (AvgIpc) is 2.50. The largest absolute Gasteiger partial charge is 0.487 e. The van der Waals surface area contributed by atoms with Gasteiger partial charge in [-0.15, -0.1) is 0 Å². The van der Waals surface area contributed by atoms with Crippen LogP contribution in [0.5, 0.6) is 5.75 Å². The first-order valence-electron chi connectivity index (χ1n) is 6.41. The van der Waals surface area contributed by atoms with Crippen molar-refractivity contribution in [3.8, 4) is 5.75 Å². The Balaban J connectivity index is 2.52. The van der Waals surface area contributed by atoms with Crippen molar-refractivity contribution in [1.82, 2.24) is 5.32 Å². The van der Waals surface area contributed by atoms with E-state index in [-0.39, 0.29) is 24.0 Å². The van der Waals surface area contributed by atoms with Crippen molar-refractivity contribution in [2.24, 2.45) is 0 Å². The third kappa shape index (κ3) is 5.19. The second kappa shape index (κ2) is 8.35. The van der Waals surface area contributed by atoms with E-state index in [9.17, 15) is 25.0 Å². The highest BCUT2D eigenvalue weighted by atomic mass is 16.6. The lowest BCUT2D eigenvalue weighted by atomic mass is 10.2. The van der Waals surface area contributed by atoms with E-state index in [4.69, 9.17) is 4.74 Å². The lowest BCUT2D eigenvalue weighted by Crippen LogP contribution is -2.22. The van der Waals surface area contributed by atoms with Gasteiger partial charge in [0.2, 0.25) is 5.91 Å². The number of non-ortho nitro benzene ring substituents is 1. The van der Waals surface area contributed by atoms with Crippen LogP contribution >= 0.6 is 0 Å². The number of nitrogens with zero attached hydrogens (tertiary/aromatic N) is 2. The number of unbranched alkanes of at least 4 members (excludes halogenated alkanes) is 1. The van der Waals surface area contributed by atoms with Crippen LogP contribution in [-0.4, -0.2) is 28.9 Å². The number of ether oxygens (including phenoxy) is 1. The maximum absolute atomic E-state index is 10.9. The third-order valence-electron chi connectivity index (χ3n) is 2.66. The smallest absolute Gasteiger partial charge is 0.317 e. The number of hydrogen-bond acceptors (Lipinski definition) is 6. The zero-order valence-corrected chi connectivity index (χ0v) is 11.7. The number of nitrogens with one attached hydrogen (secondary N) is 1. The molecule has 0 heterocycles. The summed E-state index contributed by atoms with van der Waals surface area (Å²) in [6.45, 7) is 3.95. The van der Waals surface area contributed by atoms with E-state index in [0.29, 0.717) is 19.4 Å². The fourth-order valence-corrected chi connectivity index (χ4v) is 1.58. The molecule has 1 N–H and O–H groups in total. The van der Waals surface area contributed by atoms with Crippen molar-refractivity contribution in [2.45, 2.75) is 12.8 Å². The maximum Gasteiger partial charge on any atom is 0.317 e. The molecule has 118 valence electrons. The topological polar surface area (TPSA) is 125 Å². The van der Waals surface area contributed by atoms with E-state index in [0.717, 1.165) is 18.2 Å². The molecule has 22 heavy (non-hydrogen) atoms. The molecule has 0 aliphatic heterocycles. The number of nitro groups is 2. The molecule has 9 nitrogen and oxygen atoms in total. The quantitative estimate of drug-likeness (QED) is 0.322. The summed E-state index contributed by atoms with van der Waals surface area (Å²) in [5.41, 5.74) is -0.819. The van der Waals surface area contributed by atoms with Gasteiger partial charge in [-0.25, -0.2) is 0 Å². The molecule has 0 spiro atoms. The second-order valence-electron chi connectivity index (χ2n) is 4.22. The Morgan fingerprint density at radius 3 is 2.59 bits per heavy atom. The molecule has 9 heteroatoms. The Labute approximate surface area is 125 Å². The zero-order chi connectivity index (χ0) is 16.5. The molecule has 0 fully saturated rings. The molecule has 0 radical (unpaired) electrons. The van der Waals surface area contributed by atoms with Gasteiger partial charge in [0.05, 0.1) is 22.5 Å². The van der Waals surface area contributed by atoms with Crippen LogP contribution in [0, 0.1) is 20.2 Å². The van der Waals surface area contributed by atoms with Gasteiger partial charge in [0.15, 0.2) is 5.75 Å². The Kier molecular flexibility index (Phi) is 6.48. The van der Waals surface area contributed by atoms with Gasteiger partial charge in [0.25, 0.3) is 5.69 Å². The van der Waals surface area contributed by atoms with Gasteiger partial charge in [0, 0.05) is 12.6 Å². The van der Waals surface area contributed by atoms with Crippen molar-refractivity contribution in [3.05, 3.63) is 51.1 Å². The van der Waals surface area contributed by atoms with E-state index < -0.39 is 15.5 Å². The van der Waals surface area contributed by atoms with Gasteiger partial charge in [0.1, 0.15) is 0 Å². The minimum absolute atomic E-state index is 0.0225. The molecule has 0 unspecified atom stereocenters. The Morgan fingerprint density at radius 1 is 1.27 bits per heavy atom. The third-order valence-corrected chi connectivity index (χ3v) is 2.66. The van der Waals surface area contributed by atoms with Crippen molar-refractivity contribution in [3.63, 3.8) is 0 Å². The fourth-order valence-electron chi connectivity index (χ4n) is 1.58. The zero-order valence-electron chi connectivity index (χ0n) is 11.7. The molecule has 0 saturated heterocycles. The van der Waals surface area contributed by atoms with Gasteiger partial charge < -0.3 is 10.1 Å². The van der Waals surface area contributed by atoms with Crippen LogP contribution in [0.2, 0.25) is 0 Å². The number of amides is 1. The summed E-state index contributed by atoms with van der Waals surface area (Å²) in [4.78, 5) is 30.9. The van der Waals surface area contributed by atoms with Crippen LogP contribution < -0.4 is 10.1 Å². The molecule has 0 bridgehead atoms. The number of nitro benzene ring substituents is 2. The lowest BCUT2D eigenvalue weighted by Gasteiger charge is -2.07. The monoisotopic (exact) mass is 309 g/mol. The van der Waals surface area contributed by atoms with E-state index in [2.05, 4.69) is 11.9 Å². The highest BCUT2D eigenvalue weighted by Crippen LogP contribution is 2.30. The molecule has 0 saturated carbocycles. The molecule has 0 aromatic heterocycles. The summed E-state index contributed by atoms with van der Waals surface area (Å²) < 4.78 is 5.27. The van der Waals surface area contributed by atoms with Crippen LogP contribution in [0.4, 0.5) is 11.4 Å². The Hall–Kier alpha value is -2.97. The minimum Gasteiger partial charge on any atom is -0.487 e. The molecular weight excluding hydrogens is 294 g/mol. The maximum atomic E-state index is 10.9. The highest BCUT2D eigenvalue weighted by Gasteiger charge is 2.20. The van der Waals surface area contributed by atoms with Crippen molar-refractivity contribution >= 4 is 17.3 Å². The Bertz CT molecular complexity index is 587. The predicted molar refractivity (Wildman–Crippen MR) is 77.7 cm³/mol. The van der Waals surface area contributed by atoms with Crippen LogP contribution in [0.1, 0.15) is 12.8 Å². The van der Waals surface area contributed by atoms with Crippen LogP contribution in [0.15, 0.2) is 30.9 Å². The summed E-state index contributed by atoms with van der Waals surface area (Å²) in [6.07, 6.45) is 2.35. The molecular formula is C13H15N3O6. The van der Waals surface area contributed by atoms with Gasteiger partial charge in [-0.05, 0) is 25.0 Å². The standard InChI is InChI=1S/C13H15N3O6/c1-2-13(17)14-7-3-4-8-22-12-6-5-10(15(18)19)9-11(12)16(20)21/h2,5-6,9H,1,3-4,7-8H2,(H,14,17). The van der Waals surface area contributed by atoms with Crippen molar-refractivity contribution < 1.29 is 19.4 Å². The summed E-state index contributed by atoms with van der Waals surface area (Å²) >= 11 is 0. The first kappa shape index (κ1) is 17.1. The average molecular weight is 309 g/mol. The van der Waals surface area contributed by atoms with Gasteiger partial charge in [-0.3, -0.25) is 25.0 Å². The van der Waals surface area contributed by atoms with Crippen LogP contribution in [-0.2, 0) is 4.79 Å². The SMILES string of the molecule is C=CC(=O)NCCCCOc1ccc([N+](=O)[O-])cc1[N+](=O)[O-]. The number of rotatable bonds is 9. The summed E-state index contributed by atoms with van der Waals surface area (Å²) in [5.74, 6) is -0.294. The number of hydrogen-bond donors (Lipinski definition) is 1. The van der Waals surface area contributed by atoms with Gasteiger partial charge >= 0.3 is 5.69 Å². The normalized spacial score (nSPS) is 9.82. The molecule has 1 aromatic rings. The number of carbonyl (C=O) groups is 1. The fraction of sp³-hybridized carbons (Fsp3) is 0.308. The second-order valence-corrected chi connectivity index (χ2v) is 4.22. The highest BCUT2D eigenvalue weighted by molar-refractivity contribution is 5.86. The van der Waals surface area contributed by atoms with E-state index in [1.807, 2.05) is 0 Å². The molecule has 1 aromatic carbocycles. The van der Waals surface area contributed by atoms with Gasteiger partial charge in [-0.1, -0.05) is 6.58 Å². The first-order chi connectivity index (χ1) is 10.5. The summed E-state index contributed by atoms with van der Waals surface area (Å²) in [6, 6.07) is 3.21. The van der Waals surface area contributed by atoms with Crippen LogP contribution in [0.25, 0.3) is 0 Å². The van der Waals surface area contributed by atoms with Crippen molar-refractivity contribution in [1.29, 1.82) is 0 Å². The summed E-state index contributed by atoms with van der Waals surface area (Å²) in [5, 5.41) is 24.1. The molecule has 1 amide bonds. The molecule has 0 aliphatic carbocycles. The van der Waals surface area contributed by atoms with Gasteiger partial charge in [-0.2, -0.15) is 0 Å². The number of benzene rings is 1. The minimum atomic E-state index is -0.730. The van der Waals surface area contributed by atoms with Crippen molar-refractivity contribution in [2.75, 3.05) is 13.2 Å². The first-order valence-corrected chi connectivity index (χ1v) is 6.41. The van der Waals surface area contributed by atoms with E-state index in [1.54, 1.807) is 0 Å². The summed E-state index contributed by atoms with van der Waals surface area (Å²) in [7, 11) is 0. The Morgan fingerprint density at radius 2 is 2.00 bits per heavy atom. The molecule has 1 rings (SSSR count). The molecule has 0 atom stereocenters. The van der Waals surface area contributed by atoms with E-state index >= 15 is 0 Å². The number of carbonyl (C=O) groups excluding carboxylic acids is 1. The lowest BCUT2D eigenvalue weighted by molar-refractivity contribution is -0.394. The molecule has 0 aliphatic rings. The van der Waals surface area contributed by atoms with E-state index in [1.165, 1.54) is 6.07 Å².